The smallest absolute Gasteiger partial charge is 0.220 e. The van der Waals surface area contributed by atoms with Crippen LogP contribution in [-0.2, 0) is 23.7 Å². The number of ether oxygens (including phenoxy) is 4. The molecule has 0 radical (unpaired) electrons. The molecule has 0 aliphatic carbocycles. The van der Waals surface area contributed by atoms with Gasteiger partial charge < -0.3 is 65.1 Å². The highest BCUT2D eigenvalue weighted by molar-refractivity contribution is 5.76. The summed E-state index contributed by atoms with van der Waals surface area (Å²) in [4.78, 5) is 13.4. The Balaban J connectivity index is 1.68. The summed E-state index contributed by atoms with van der Waals surface area (Å²) in [6, 6.07) is -0.964. The Morgan fingerprint density at radius 2 is 0.693 bits per heavy atom. The summed E-state index contributed by atoms with van der Waals surface area (Å²) < 4.78 is 22.9. The van der Waals surface area contributed by atoms with Crippen LogP contribution in [0.3, 0.4) is 0 Å². The molecule has 12 unspecified atom stereocenters. The van der Waals surface area contributed by atoms with E-state index in [4.69, 9.17) is 18.9 Å². The van der Waals surface area contributed by atoms with Crippen molar-refractivity contribution in [2.75, 3.05) is 19.8 Å². The third-order valence-electron chi connectivity index (χ3n) is 18.4. The van der Waals surface area contributed by atoms with Crippen molar-refractivity contribution in [3.63, 3.8) is 0 Å². The van der Waals surface area contributed by atoms with E-state index in [1.807, 2.05) is 6.08 Å². The molecular weight excluding hydrogens is 1270 g/mol. The molecule has 0 bridgehead atoms. The van der Waals surface area contributed by atoms with Crippen LogP contribution in [-0.4, -0.2) is 140 Å². The highest BCUT2D eigenvalue weighted by Gasteiger charge is 2.51. The van der Waals surface area contributed by atoms with Crippen molar-refractivity contribution >= 4 is 5.91 Å². The maximum Gasteiger partial charge on any atom is 0.220 e. The van der Waals surface area contributed by atoms with Crippen molar-refractivity contribution in [1.29, 1.82) is 0 Å². The largest absolute Gasteiger partial charge is 0.394 e. The van der Waals surface area contributed by atoms with Crippen LogP contribution in [0.15, 0.2) is 158 Å². The van der Waals surface area contributed by atoms with Gasteiger partial charge >= 0.3 is 0 Å². The second-order valence-electron chi connectivity index (χ2n) is 27.4. The van der Waals surface area contributed by atoms with Crippen molar-refractivity contribution in [2.45, 2.75) is 364 Å². The Hall–Kier alpha value is -4.39. The van der Waals surface area contributed by atoms with Gasteiger partial charge in [-0.3, -0.25) is 4.79 Å². The van der Waals surface area contributed by atoms with Gasteiger partial charge in [-0.1, -0.05) is 326 Å². The highest BCUT2D eigenvalue weighted by Crippen LogP contribution is 2.30. The number of rotatable bonds is 65. The zero-order chi connectivity index (χ0) is 73.0. The van der Waals surface area contributed by atoms with Gasteiger partial charge in [-0.2, -0.15) is 0 Å². The summed E-state index contributed by atoms with van der Waals surface area (Å²) in [6.07, 6.45) is 88.9. The van der Waals surface area contributed by atoms with E-state index in [1.54, 1.807) is 6.08 Å². The molecule has 0 saturated carbocycles. The zero-order valence-electron chi connectivity index (χ0n) is 63.1. The molecule has 12 atom stereocenters. The molecule has 2 heterocycles. The first-order chi connectivity index (χ1) is 49.6. The molecule has 0 spiro atoms. The number of nitrogens with one attached hydrogen (secondary N) is 1. The van der Waals surface area contributed by atoms with Crippen molar-refractivity contribution in [3.05, 3.63) is 158 Å². The van der Waals surface area contributed by atoms with Crippen molar-refractivity contribution in [1.82, 2.24) is 5.32 Å². The minimum Gasteiger partial charge on any atom is -0.394 e. The molecule has 14 nitrogen and oxygen atoms in total. The first-order valence-corrected chi connectivity index (χ1v) is 40.2. The Labute approximate surface area is 614 Å². The van der Waals surface area contributed by atoms with E-state index in [0.29, 0.717) is 12.8 Å². The van der Waals surface area contributed by atoms with Crippen LogP contribution in [0.2, 0.25) is 0 Å². The van der Waals surface area contributed by atoms with Crippen LogP contribution in [0.25, 0.3) is 0 Å². The second kappa shape index (κ2) is 68.7. The zero-order valence-corrected chi connectivity index (χ0v) is 63.1. The third kappa shape index (κ3) is 51.4. The summed E-state index contributed by atoms with van der Waals surface area (Å²) in [7, 11) is 0. The Morgan fingerprint density at radius 1 is 0.366 bits per heavy atom. The lowest BCUT2D eigenvalue weighted by Crippen LogP contribution is -2.65. The Morgan fingerprint density at radius 3 is 1.09 bits per heavy atom. The van der Waals surface area contributed by atoms with E-state index in [0.717, 1.165) is 103 Å². The number of carbonyl (C=O) groups is 1. The van der Waals surface area contributed by atoms with E-state index in [-0.39, 0.29) is 18.9 Å². The SMILES string of the molecule is CC/C=C\C/C=C\C/C=C\C/C=C\C/C=C\C/C=C\C/C=C\C/C=C\C/C=C\C/C=C\C/C=C\CCCCCC(=O)NC(COC1OC(CO)C(OC2OC(CO)C(O)C(O)C2O)C(O)C1O)C(O)/C=C/CC/C=C/CCCCCCCCCCCCCCCCCCCCCCCCCC. The van der Waals surface area contributed by atoms with Crippen LogP contribution in [0.4, 0.5) is 0 Å². The van der Waals surface area contributed by atoms with E-state index < -0.39 is 86.8 Å². The second-order valence-corrected chi connectivity index (χ2v) is 27.4. The number of aliphatic hydroxyl groups excluding tert-OH is 8. The molecule has 9 N–H and O–H groups in total. The quantitative estimate of drug-likeness (QED) is 0.0204. The predicted octanol–water partition coefficient (Wildman–Crippen LogP) is 18.5. The summed E-state index contributed by atoms with van der Waals surface area (Å²) in [5.41, 5.74) is 0. The fourth-order valence-corrected chi connectivity index (χ4v) is 12.1. The Bertz CT molecular complexity index is 2310. The highest BCUT2D eigenvalue weighted by atomic mass is 16.7. The van der Waals surface area contributed by atoms with Crippen LogP contribution in [0.5, 0.6) is 0 Å². The van der Waals surface area contributed by atoms with Crippen molar-refractivity contribution in [3.8, 4) is 0 Å². The number of carbonyl (C=O) groups excluding carboxylic acids is 1. The molecule has 576 valence electrons. The molecule has 14 heteroatoms. The average molecular weight is 1410 g/mol. The molecule has 1 amide bonds. The van der Waals surface area contributed by atoms with Gasteiger partial charge in [0.2, 0.25) is 5.91 Å². The molecule has 101 heavy (non-hydrogen) atoms. The minimum atomic E-state index is -1.80. The first-order valence-electron chi connectivity index (χ1n) is 40.2. The summed E-state index contributed by atoms with van der Waals surface area (Å²) in [5, 5.41) is 87.6. The number of amides is 1. The van der Waals surface area contributed by atoms with Gasteiger partial charge in [0.25, 0.3) is 0 Å². The van der Waals surface area contributed by atoms with E-state index in [1.165, 1.54) is 154 Å². The van der Waals surface area contributed by atoms with Crippen LogP contribution in [0, 0.1) is 0 Å². The molecule has 0 aromatic rings. The van der Waals surface area contributed by atoms with Gasteiger partial charge in [0.05, 0.1) is 32.0 Å². The normalized spacial score (nSPS) is 22.6. The average Bonchev–Trinajstić information content (AvgIpc) is 0.792. The first kappa shape index (κ1) is 92.7. The lowest BCUT2D eigenvalue weighted by molar-refractivity contribution is -0.359. The lowest BCUT2D eigenvalue weighted by Gasteiger charge is -2.46. The molecule has 2 saturated heterocycles. The van der Waals surface area contributed by atoms with Crippen LogP contribution >= 0.6 is 0 Å². The third-order valence-corrected chi connectivity index (χ3v) is 18.4. The monoisotopic (exact) mass is 1410 g/mol. The number of hydrogen-bond acceptors (Lipinski definition) is 13. The van der Waals surface area contributed by atoms with Crippen LogP contribution in [0.1, 0.15) is 290 Å². The molecular formula is C87H145NO13. The molecule has 2 aliphatic heterocycles. The van der Waals surface area contributed by atoms with Gasteiger partial charge in [0.15, 0.2) is 12.6 Å². The van der Waals surface area contributed by atoms with Gasteiger partial charge in [-0.25, -0.2) is 0 Å². The number of allylic oxidation sites excluding steroid dienone is 25. The van der Waals surface area contributed by atoms with Crippen LogP contribution < -0.4 is 5.32 Å². The molecule has 2 rings (SSSR count). The summed E-state index contributed by atoms with van der Waals surface area (Å²) in [5.74, 6) is -0.285. The lowest BCUT2D eigenvalue weighted by atomic mass is 9.97. The maximum atomic E-state index is 13.4. The van der Waals surface area contributed by atoms with Gasteiger partial charge in [0.1, 0.15) is 48.8 Å². The molecule has 0 aromatic heterocycles. The minimum absolute atomic E-state index is 0.223. The standard InChI is InChI=1S/C87H145NO13/c1-3-5-7-9-11-13-15-17-19-21-23-25-27-29-31-33-35-36-37-38-39-40-41-43-45-47-49-51-53-55-57-59-61-63-65-67-69-71-79(92)88-75(74-98-86-84(97)82(95)85(78(73-90)100-86)101-87-83(96)81(94)80(93)77(72-89)99-87)76(91)70-68-66-64-62-60-58-56-54-52-50-48-46-44-42-34-32-30-28-26-24-22-20-18-16-14-12-10-8-6-4-2/h5,7,11,13,17,19,23,25,29,31,35-36,38-39,41,43,47,49,53,55,59-62,68,70,75-78,80-87,89-91,93-97H,3-4,6,8-10,12,14-16,18,20-22,24,26-28,30,32-34,37,40,42,44-46,48,50-52,54,56-58,63-67,69,71-74H2,1-2H3,(H,88,92)/b7-5-,13-11-,19-17-,25-23-,31-29-,36-35-,39-38-,43-41-,49-47-,55-53-,61-59-,62-60+,70-68+. The topological polar surface area (TPSA) is 228 Å². The fourth-order valence-electron chi connectivity index (χ4n) is 12.1. The molecule has 2 aliphatic rings. The predicted molar refractivity (Wildman–Crippen MR) is 419 cm³/mol. The number of unbranched alkanes of at least 4 members (excludes halogenated alkanes) is 28. The van der Waals surface area contributed by atoms with E-state index >= 15 is 0 Å². The summed E-state index contributed by atoms with van der Waals surface area (Å²) >= 11 is 0. The maximum absolute atomic E-state index is 13.4. The van der Waals surface area contributed by atoms with Gasteiger partial charge in [-0.15, -0.1) is 0 Å². The van der Waals surface area contributed by atoms with Gasteiger partial charge in [-0.05, 0) is 116 Å². The number of aliphatic hydroxyl groups is 8. The Kier molecular flexibility index (Phi) is 63.1. The number of hydrogen-bond donors (Lipinski definition) is 9. The van der Waals surface area contributed by atoms with Crippen molar-refractivity contribution < 1.29 is 64.6 Å². The fraction of sp³-hybridized carbons (Fsp3) is 0.690. The van der Waals surface area contributed by atoms with Crippen molar-refractivity contribution in [2.24, 2.45) is 0 Å². The molecule has 0 aromatic carbocycles. The van der Waals surface area contributed by atoms with Gasteiger partial charge in [0, 0.05) is 6.42 Å². The van der Waals surface area contributed by atoms with E-state index in [2.05, 4.69) is 165 Å². The summed E-state index contributed by atoms with van der Waals surface area (Å²) in [6.45, 7) is 2.66. The van der Waals surface area contributed by atoms with E-state index in [9.17, 15) is 45.6 Å². The molecule has 2 fully saturated rings.